The van der Waals surface area contributed by atoms with Crippen molar-refractivity contribution in [2.45, 2.75) is 11.8 Å². The first-order valence-electron chi connectivity index (χ1n) is 9.22. The Hall–Kier alpha value is -3.73. The number of anilines is 1. The van der Waals surface area contributed by atoms with E-state index in [1.54, 1.807) is 19.1 Å². The topological polar surface area (TPSA) is 151 Å². The number of Topliss-reactive ketones (excluding diaryl/α,β-unsaturated/α-hetero) is 1. The van der Waals surface area contributed by atoms with Crippen LogP contribution >= 0.6 is 0 Å². The summed E-state index contributed by atoms with van der Waals surface area (Å²) in [5.74, 6) is -1.48. The first-order valence-corrected chi connectivity index (χ1v) is 11.1. The number of carbonyl (C=O) groups excluding carboxylic acids is 2. The van der Waals surface area contributed by atoms with Gasteiger partial charge in [-0.2, -0.15) is 0 Å². The molecule has 31 heavy (non-hydrogen) atoms. The quantitative estimate of drug-likeness (QED) is 0.158. The van der Waals surface area contributed by atoms with E-state index in [9.17, 15) is 28.1 Å². The van der Waals surface area contributed by atoms with Crippen molar-refractivity contribution in [1.82, 2.24) is 10.3 Å². The Balaban J connectivity index is 1.64. The molecule has 2 aromatic carbocycles. The molecule has 0 atom stereocenters. The van der Waals surface area contributed by atoms with Crippen LogP contribution in [-0.4, -0.2) is 49.4 Å². The highest BCUT2D eigenvalue weighted by molar-refractivity contribution is 7.90. The second kappa shape index (κ2) is 8.56. The van der Waals surface area contributed by atoms with Crippen molar-refractivity contribution in [3.8, 4) is 0 Å². The van der Waals surface area contributed by atoms with Gasteiger partial charge in [-0.1, -0.05) is 18.2 Å². The van der Waals surface area contributed by atoms with Gasteiger partial charge in [-0.05, 0) is 25.1 Å². The lowest BCUT2D eigenvalue weighted by Crippen LogP contribution is -2.34. The third-order valence-corrected chi connectivity index (χ3v) is 5.76. The van der Waals surface area contributed by atoms with E-state index in [0.29, 0.717) is 16.6 Å². The van der Waals surface area contributed by atoms with E-state index in [1.165, 1.54) is 12.1 Å². The van der Waals surface area contributed by atoms with Gasteiger partial charge in [0.05, 0.1) is 15.4 Å². The molecule has 162 valence electrons. The molecular weight excluding hydrogens is 424 g/mol. The van der Waals surface area contributed by atoms with Crippen LogP contribution in [0.1, 0.15) is 16.1 Å². The summed E-state index contributed by atoms with van der Waals surface area (Å²) in [6, 6.07) is 10.7. The maximum Gasteiger partial charge on any atom is 0.293 e. The minimum Gasteiger partial charge on any atom is -0.378 e. The largest absolute Gasteiger partial charge is 0.378 e. The molecule has 0 saturated heterocycles. The lowest BCUT2D eigenvalue weighted by atomic mass is 10.1. The van der Waals surface area contributed by atoms with Gasteiger partial charge in [-0.15, -0.1) is 0 Å². The predicted molar refractivity (Wildman–Crippen MR) is 115 cm³/mol. The Labute approximate surface area is 177 Å². The number of amides is 1. The number of benzene rings is 2. The average molecular weight is 444 g/mol. The van der Waals surface area contributed by atoms with Gasteiger partial charge >= 0.3 is 0 Å². The summed E-state index contributed by atoms with van der Waals surface area (Å²) in [7, 11) is -3.59. The van der Waals surface area contributed by atoms with Gasteiger partial charge in [-0.3, -0.25) is 19.7 Å². The highest BCUT2D eigenvalue weighted by atomic mass is 32.2. The number of aromatic amines is 1. The maximum atomic E-state index is 12.6. The Morgan fingerprint density at radius 1 is 1.13 bits per heavy atom. The van der Waals surface area contributed by atoms with Gasteiger partial charge in [0.15, 0.2) is 9.84 Å². The number of rotatable bonds is 8. The predicted octanol–water partition coefficient (Wildman–Crippen LogP) is 2.20. The molecule has 0 aliphatic heterocycles. The van der Waals surface area contributed by atoms with Crippen LogP contribution in [0, 0.1) is 17.0 Å². The van der Waals surface area contributed by atoms with E-state index in [4.69, 9.17) is 0 Å². The first kappa shape index (κ1) is 22.0. The Morgan fingerprint density at radius 3 is 2.52 bits per heavy atom. The summed E-state index contributed by atoms with van der Waals surface area (Å²) in [5.41, 5.74) is 1.34. The molecule has 0 radical (unpaired) electrons. The smallest absolute Gasteiger partial charge is 0.293 e. The molecule has 1 amide bonds. The summed E-state index contributed by atoms with van der Waals surface area (Å²) < 4.78 is 23.2. The Morgan fingerprint density at radius 2 is 1.84 bits per heavy atom. The number of nitro benzene ring substituents is 1. The minimum atomic E-state index is -3.59. The molecule has 1 heterocycles. The van der Waals surface area contributed by atoms with Crippen LogP contribution in [-0.2, 0) is 14.6 Å². The van der Waals surface area contributed by atoms with Crippen molar-refractivity contribution in [3.05, 3.63) is 63.8 Å². The number of sulfone groups is 1. The molecule has 0 aliphatic carbocycles. The third kappa shape index (κ3) is 4.72. The Kier molecular flexibility index (Phi) is 6.07. The van der Waals surface area contributed by atoms with Crippen LogP contribution in [0.4, 0.5) is 11.4 Å². The molecule has 0 bridgehead atoms. The number of nitro groups is 1. The third-order valence-electron chi connectivity index (χ3n) is 4.65. The molecule has 3 N–H and O–H groups in total. The number of aromatic nitrogens is 1. The number of ketones is 1. The molecule has 3 aromatic rings. The van der Waals surface area contributed by atoms with E-state index < -0.39 is 32.1 Å². The number of H-pyrrole nitrogens is 1. The van der Waals surface area contributed by atoms with Crippen LogP contribution < -0.4 is 10.6 Å². The fourth-order valence-corrected chi connectivity index (χ4v) is 3.82. The number of carbonyl (C=O) groups is 2. The molecule has 0 fully saturated rings. The fraction of sp³-hybridized carbons (Fsp3) is 0.200. The molecule has 0 unspecified atom stereocenters. The summed E-state index contributed by atoms with van der Waals surface area (Å²) in [6.45, 7) is 1.82. The van der Waals surface area contributed by atoms with Gasteiger partial charge < -0.3 is 15.6 Å². The highest BCUT2D eigenvalue weighted by Gasteiger charge is 2.22. The maximum absolute atomic E-state index is 12.6. The minimum absolute atomic E-state index is 0.0248. The summed E-state index contributed by atoms with van der Waals surface area (Å²) in [5, 5.41) is 17.2. The number of hydrogen-bond acceptors (Lipinski definition) is 7. The average Bonchev–Trinajstić information content (AvgIpc) is 3.05. The molecule has 0 aliphatic rings. The zero-order valence-electron chi connectivity index (χ0n) is 16.8. The lowest BCUT2D eigenvalue weighted by Gasteiger charge is -2.09. The number of aryl methyl sites for hydroxylation is 1. The van der Waals surface area contributed by atoms with Crippen LogP contribution in [0.15, 0.2) is 47.4 Å². The number of para-hydroxylation sites is 1. The molecule has 1 aromatic heterocycles. The summed E-state index contributed by atoms with van der Waals surface area (Å²) in [6.07, 6.45) is 0.959. The van der Waals surface area contributed by atoms with Gasteiger partial charge in [0.1, 0.15) is 5.69 Å². The second-order valence-corrected chi connectivity index (χ2v) is 8.91. The Bertz CT molecular complexity index is 1300. The van der Waals surface area contributed by atoms with Crippen molar-refractivity contribution in [2.75, 3.05) is 24.7 Å². The molecule has 11 heteroatoms. The van der Waals surface area contributed by atoms with E-state index in [0.717, 1.165) is 17.8 Å². The highest BCUT2D eigenvalue weighted by Crippen LogP contribution is 2.27. The van der Waals surface area contributed by atoms with Crippen molar-refractivity contribution >= 4 is 43.8 Å². The summed E-state index contributed by atoms with van der Waals surface area (Å²) in [4.78, 5) is 38.3. The van der Waals surface area contributed by atoms with Gasteiger partial charge in [0.25, 0.3) is 17.4 Å². The molecule has 0 saturated carbocycles. The number of nitrogens with zero attached hydrogens (tertiary/aromatic N) is 1. The SMILES string of the molecule is Cc1[nH]c2ccccc2c1C(=O)C(=O)NCCNc1ccc(S(C)(=O)=O)cc1[N+](=O)[O-]. The molecule has 3 rings (SSSR count). The second-order valence-electron chi connectivity index (χ2n) is 6.89. The van der Waals surface area contributed by atoms with Crippen LogP contribution in [0.2, 0.25) is 0 Å². The van der Waals surface area contributed by atoms with Gasteiger partial charge in [0.2, 0.25) is 0 Å². The zero-order valence-corrected chi connectivity index (χ0v) is 17.6. The van der Waals surface area contributed by atoms with E-state index in [-0.39, 0.29) is 23.7 Å². The van der Waals surface area contributed by atoms with Gasteiger partial charge in [0, 0.05) is 42.0 Å². The first-order chi connectivity index (χ1) is 14.6. The molecule has 0 spiro atoms. The number of fused-ring (bicyclic) bond motifs is 1. The summed E-state index contributed by atoms with van der Waals surface area (Å²) >= 11 is 0. The number of nitrogens with one attached hydrogen (secondary N) is 3. The number of hydrogen-bond donors (Lipinski definition) is 3. The van der Waals surface area contributed by atoms with Crippen molar-refractivity contribution in [3.63, 3.8) is 0 Å². The van der Waals surface area contributed by atoms with Gasteiger partial charge in [-0.25, -0.2) is 8.42 Å². The monoisotopic (exact) mass is 444 g/mol. The standard InChI is InChI=1S/C20H20N4O6S/c1-12-18(14-5-3-4-6-15(14)23-12)19(25)20(26)22-10-9-21-16-8-7-13(31(2,29)30)11-17(16)24(27)28/h3-8,11,21,23H,9-10H2,1-2H3,(H,22,26). The molecular formula is C20H20N4O6S. The molecule has 10 nitrogen and oxygen atoms in total. The normalized spacial score (nSPS) is 11.3. The lowest BCUT2D eigenvalue weighted by molar-refractivity contribution is -0.384. The van der Waals surface area contributed by atoms with Crippen molar-refractivity contribution < 1.29 is 22.9 Å². The zero-order chi connectivity index (χ0) is 22.8. The van der Waals surface area contributed by atoms with E-state index in [2.05, 4.69) is 15.6 Å². The van der Waals surface area contributed by atoms with E-state index in [1.807, 2.05) is 12.1 Å². The van der Waals surface area contributed by atoms with Crippen molar-refractivity contribution in [1.29, 1.82) is 0 Å². The van der Waals surface area contributed by atoms with Crippen LogP contribution in [0.25, 0.3) is 10.9 Å². The van der Waals surface area contributed by atoms with Crippen LogP contribution in [0.5, 0.6) is 0 Å². The fourth-order valence-electron chi connectivity index (χ4n) is 3.18. The van der Waals surface area contributed by atoms with Crippen LogP contribution in [0.3, 0.4) is 0 Å². The van der Waals surface area contributed by atoms with Crippen molar-refractivity contribution in [2.24, 2.45) is 0 Å². The van der Waals surface area contributed by atoms with E-state index >= 15 is 0 Å².